The third-order valence-corrected chi connectivity index (χ3v) is 3.73. The standard InChI is InChI=1S/C12H9F3O3S/c1-18-11(17)10(16)9-5-6-7(12(13,14)15)3-2-4-8(6)19-9/h2-5,10,16H,1H3. The lowest BCUT2D eigenvalue weighted by Gasteiger charge is -2.07. The molecular weight excluding hydrogens is 281 g/mol. The number of aliphatic hydroxyl groups is 1. The first kappa shape index (κ1) is 13.8. The van der Waals surface area contributed by atoms with Gasteiger partial charge in [0, 0.05) is 15.0 Å². The Balaban J connectivity index is 2.55. The monoisotopic (exact) mass is 290 g/mol. The molecule has 0 spiro atoms. The van der Waals surface area contributed by atoms with E-state index in [1.165, 1.54) is 18.2 Å². The number of alkyl halides is 3. The molecule has 102 valence electrons. The van der Waals surface area contributed by atoms with Crippen molar-refractivity contribution in [1.82, 2.24) is 0 Å². The zero-order chi connectivity index (χ0) is 14.2. The van der Waals surface area contributed by atoms with Crippen molar-refractivity contribution in [2.45, 2.75) is 12.3 Å². The van der Waals surface area contributed by atoms with Gasteiger partial charge in [0.15, 0.2) is 6.10 Å². The highest BCUT2D eigenvalue weighted by Gasteiger charge is 2.33. The van der Waals surface area contributed by atoms with E-state index in [0.717, 1.165) is 24.5 Å². The molecule has 0 aliphatic rings. The molecule has 0 aliphatic carbocycles. The molecule has 1 aromatic heterocycles. The average molecular weight is 290 g/mol. The fourth-order valence-corrected chi connectivity index (χ4v) is 2.75. The van der Waals surface area contributed by atoms with E-state index >= 15 is 0 Å². The number of carbonyl (C=O) groups excluding carboxylic acids is 1. The van der Waals surface area contributed by atoms with Gasteiger partial charge >= 0.3 is 12.1 Å². The Morgan fingerprint density at radius 3 is 2.68 bits per heavy atom. The molecule has 1 atom stereocenters. The van der Waals surface area contributed by atoms with Crippen molar-refractivity contribution >= 4 is 27.4 Å². The second kappa shape index (κ2) is 4.82. The predicted octanol–water partition coefficient (Wildman–Crippen LogP) is 3.13. The number of benzene rings is 1. The normalized spacial score (nSPS) is 13.5. The van der Waals surface area contributed by atoms with Crippen LogP contribution in [0, 0.1) is 0 Å². The van der Waals surface area contributed by atoms with Gasteiger partial charge in [-0.25, -0.2) is 4.79 Å². The van der Waals surface area contributed by atoms with E-state index in [-0.39, 0.29) is 10.3 Å². The van der Waals surface area contributed by atoms with Crippen molar-refractivity contribution in [2.75, 3.05) is 7.11 Å². The lowest BCUT2D eigenvalue weighted by Crippen LogP contribution is -2.11. The van der Waals surface area contributed by atoms with Gasteiger partial charge in [0.05, 0.1) is 12.7 Å². The fourth-order valence-electron chi connectivity index (χ4n) is 1.69. The minimum absolute atomic E-state index is 0.0297. The third-order valence-electron chi connectivity index (χ3n) is 2.58. The molecular formula is C12H9F3O3S. The Kier molecular flexibility index (Phi) is 3.51. The Morgan fingerprint density at radius 2 is 2.11 bits per heavy atom. The molecule has 0 fully saturated rings. The third kappa shape index (κ3) is 2.57. The zero-order valence-corrected chi connectivity index (χ0v) is 10.5. The molecule has 0 saturated carbocycles. The van der Waals surface area contributed by atoms with Crippen LogP contribution in [0.3, 0.4) is 0 Å². The van der Waals surface area contributed by atoms with Gasteiger partial charge < -0.3 is 9.84 Å². The lowest BCUT2D eigenvalue weighted by molar-refractivity contribution is -0.150. The summed E-state index contributed by atoms with van der Waals surface area (Å²) in [7, 11) is 1.10. The molecule has 3 nitrogen and oxygen atoms in total. The van der Waals surface area contributed by atoms with Gasteiger partial charge in [0.2, 0.25) is 0 Å². The molecule has 0 radical (unpaired) electrons. The van der Waals surface area contributed by atoms with E-state index in [1.54, 1.807) is 0 Å². The van der Waals surface area contributed by atoms with E-state index < -0.39 is 23.8 Å². The molecule has 1 aromatic carbocycles. The molecule has 19 heavy (non-hydrogen) atoms. The maximum atomic E-state index is 12.8. The summed E-state index contributed by atoms with van der Waals surface area (Å²) >= 11 is 0.929. The van der Waals surface area contributed by atoms with Gasteiger partial charge in [-0.15, -0.1) is 11.3 Å². The maximum absolute atomic E-state index is 12.8. The summed E-state index contributed by atoms with van der Waals surface area (Å²) in [6.07, 6.45) is -6.04. The number of aliphatic hydroxyl groups excluding tert-OH is 1. The maximum Gasteiger partial charge on any atom is 0.417 e. The number of methoxy groups -OCH3 is 1. The van der Waals surface area contributed by atoms with Crippen LogP contribution in [0.2, 0.25) is 0 Å². The van der Waals surface area contributed by atoms with Gasteiger partial charge in [0.1, 0.15) is 0 Å². The van der Waals surface area contributed by atoms with Crippen LogP contribution >= 0.6 is 11.3 Å². The van der Waals surface area contributed by atoms with Crippen LogP contribution in [0.15, 0.2) is 24.3 Å². The molecule has 0 bridgehead atoms. The number of rotatable bonds is 2. The Labute approximate surface area is 110 Å². The summed E-state index contributed by atoms with van der Waals surface area (Å²) in [5.41, 5.74) is -0.787. The topological polar surface area (TPSA) is 46.5 Å². The first-order valence-corrected chi connectivity index (χ1v) is 6.02. The van der Waals surface area contributed by atoms with Crippen LogP contribution in [-0.2, 0) is 15.7 Å². The van der Waals surface area contributed by atoms with Crippen LogP contribution in [0.4, 0.5) is 13.2 Å². The molecule has 1 N–H and O–H groups in total. The van der Waals surface area contributed by atoms with Crippen LogP contribution in [0.5, 0.6) is 0 Å². The molecule has 1 unspecified atom stereocenters. The van der Waals surface area contributed by atoms with E-state index in [4.69, 9.17) is 0 Å². The number of hydrogen-bond donors (Lipinski definition) is 1. The lowest BCUT2D eigenvalue weighted by atomic mass is 10.1. The molecule has 2 aromatic rings. The molecule has 1 heterocycles. The molecule has 2 rings (SSSR count). The Bertz CT molecular complexity index is 618. The van der Waals surface area contributed by atoms with Crippen molar-refractivity contribution in [3.05, 3.63) is 34.7 Å². The molecule has 0 saturated heterocycles. The van der Waals surface area contributed by atoms with E-state index in [9.17, 15) is 23.1 Å². The van der Waals surface area contributed by atoms with E-state index in [1.807, 2.05) is 0 Å². The average Bonchev–Trinajstić information content (AvgIpc) is 2.78. The number of thiophene rings is 1. The first-order chi connectivity index (χ1) is 8.84. The highest BCUT2D eigenvalue weighted by Crippen LogP contribution is 2.39. The van der Waals surface area contributed by atoms with Gasteiger partial charge in [-0.3, -0.25) is 0 Å². The SMILES string of the molecule is COC(=O)C(O)c1cc2c(C(F)(F)F)cccc2s1. The smallest absolute Gasteiger partial charge is 0.417 e. The van der Waals surface area contributed by atoms with Gasteiger partial charge in [0.25, 0.3) is 0 Å². The second-order valence-corrected chi connectivity index (χ2v) is 4.90. The molecule has 0 amide bonds. The van der Waals surface area contributed by atoms with Crippen molar-refractivity contribution < 1.29 is 27.8 Å². The number of fused-ring (bicyclic) bond motifs is 1. The second-order valence-electron chi connectivity index (χ2n) is 3.79. The zero-order valence-electron chi connectivity index (χ0n) is 9.69. The van der Waals surface area contributed by atoms with Gasteiger partial charge in [-0.2, -0.15) is 13.2 Å². The number of ether oxygens (including phenoxy) is 1. The minimum Gasteiger partial charge on any atom is -0.467 e. The number of carbonyl (C=O) groups is 1. The van der Waals surface area contributed by atoms with E-state index in [2.05, 4.69) is 4.74 Å². The number of halogens is 3. The highest BCUT2D eigenvalue weighted by atomic mass is 32.1. The molecule has 7 heteroatoms. The van der Waals surface area contributed by atoms with Crippen molar-refractivity contribution in [2.24, 2.45) is 0 Å². The minimum atomic E-state index is -4.48. The van der Waals surface area contributed by atoms with Crippen LogP contribution in [-0.4, -0.2) is 18.2 Å². The van der Waals surface area contributed by atoms with Crippen LogP contribution < -0.4 is 0 Å². The summed E-state index contributed by atoms with van der Waals surface area (Å²) in [6.45, 7) is 0. The highest BCUT2D eigenvalue weighted by molar-refractivity contribution is 7.19. The summed E-state index contributed by atoms with van der Waals surface area (Å²) in [6, 6.07) is 4.92. The summed E-state index contributed by atoms with van der Waals surface area (Å²) in [4.78, 5) is 11.3. The summed E-state index contributed by atoms with van der Waals surface area (Å²) in [5, 5.41) is 9.61. The first-order valence-electron chi connectivity index (χ1n) is 5.20. The number of hydrogen-bond acceptors (Lipinski definition) is 4. The predicted molar refractivity (Wildman–Crippen MR) is 63.8 cm³/mol. The van der Waals surface area contributed by atoms with Crippen molar-refractivity contribution in [3.63, 3.8) is 0 Å². The molecule has 0 aliphatic heterocycles. The fraction of sp³-hybridized carbons (Fsp3) is 0.250. The van der Waals surface area contributed by atoms with Gasteiger partial charge in [-0.05, 0) is 18.2 Å². The number of esters is 1. The van der Waals surface area contributed by atoms with Crippen LogP contribution in [0.1, 0.15) is 16.5 Å². The van der Waals surface area contributed by atoms with E-state index in [0.29, 0.717) is 4.70 Å². The largest absolute Gasteiger partial charge is 0.467 e. The summed E-state index contributed by atoms with van der Waals surface area (Å²) < 4.78 is 43.1. The Morgan fingerprint density at radius 1 is 1.42 bits per heavy atom. The van der Waals surface area contributed by atoms with Gasteiger partial charge in [-0.1, -0.05) is 6.07 Å². The quantitative estimate of drug-likeness (QED) is 0.864. The Hall–Kier alpha value is -1.60. The van der Waals surface area contributed by atoms with Crippen molar-refractivity contribution in [3.8, 4) is 0 Å². The summed E-state index contributed by atoms with van der Waals surface area (Å²) in [5.74, 6) is -0.903. The van der Waals surface area contributed by atoms with Crippen molar-refractivity contribution in [1.29, 1.82) is 0 Å². The van der Waals surface area contributed by atoms with Crippen LogP contribution in [0.25, 0.3) is 10.1 Å².